The van der Waals surface area contributed by atoms with Gasteiger partial charge in [0.05, 0.1) is 23.0 Å². The van der Waals surface area contributed by atoms with Crippen molar-refractivity contribution >= 4 is 38.6 Å². The fourth-order valence-corrected chi connectivity index (χ4v) is 5.50. The number of halogens is 1. The molecule has 0 aliphatic rings. The number of nitrogens with zero attached hydrogens (tertiary/aromatic N) is 2. The van der Waals surface area contributed by atoms with Crippen LogP contribution in [0.3, 0.4) is 0 Å². The van der Waals surface area contributed by atoms with Gasteiger partial charge < -0.3 is 15.2 Å². The van der Waals surface area contributed by atoms with Crippen molar-refractivity contribution in [3.05, 3.63) is 93.9 Å². The lowest BCUT2D eigenvalue weighted by atomic mass is 10.1. The number of carbonyl (C=O) groups excluding carboxylic acids is 1. The topological polar surface area (TPSA) is 120 Å². The van der Waals surface area contributed by atoms with E-state index >= 15 is 0 Å². The van der Waals surface area contributed by atoms with Crippen LogP contribution >= 0.6 is 11.6 Å². The second kappa shape index (κ2) is 10.6. The number of hydrogen-bond acceptors (Lipinski definition) is 6. The predicted molar refractivity (Wildman–Crippen MR) is 136 cm³/mol. The van der Waals surface area contributed by atoms with Crippen LogP contribution in [-0.2, 0) is 14.8 Å². The molecule has 1 amide bonds. The van der Waals surface area contributed by atoms with E-state index in [1.165, 1.54) is 49.6 Å². The van der Waals surface area contributed by atoms with E-state index in [9.17, 15) is 18.0 Å². The molecule has 1 aromatic heterocycles. The summed E-state index contributed by atoms with van der Waals surface area (Å²) in [6, 6.07) is 17.4. The Hall–Kier alpha value is -3.60. The van der Waals surface area contributed by atoms with Gasteiger partial charge in [-0.3, -0.25) is 9.36 Å². The van der Waals surface area contributed by atoms with Crippen molar-refractivity contribution in [3.63, 3.8) is 0 Å². The maximum atomic E-state index is 13.9. The Morgan fingerprint density at radius 2 is 1.75 bits per heavy atom. The monoisotopic (exact) mass is 529 g/mol. The zero-order chi connectivity index (χ0) is 25.9. The van der Waals surface area contributed by atoms with Crippen molar-refractivity contribution in [1.82, 2.24) is 13.9 Å². The number of carbonyl (C=O) groups is 1. The Kier molecular flexibility index (Phi) is 7.48. The van der Waals surface area contributed by atoms with Crippen molar-refractivity contribution < 1.29 is 23.1 Å². The number of nitrogens with one attached hydrogen (secondary N) is 1. The van der Waals surface area contributed by atoms with Crippen LogP contribution < -0.4 is 15.7 Å². The first-order valence-corrected chi connectivity index (χ1v) is 12.9. The van der Waals surface area contributed by atoms with Gasteiger partial charge in [-0.05, 0) is 54.4 Å². The van der Waals surface area contributed by atoms with E-state index in [-0.39, 0.29) is 34.1 Å². The third-order valence-corrected chi connectivity index (χ3v) is 7.59. The molecular formula is C25H24ClN3O6S. The largest absolute Gasteiger partial charge is 0.497 e. The molecule has 0 spiro atoms. The first kappa shape index (κ1) is 25.5. The maximum absolute atomic E-state index is 13.9. The molecule has 0 saturated heterocycles. The van der Waals surface area contributed by atoms with Gasteiger partial charge >= 0.3 is 5.69 Å². The number of fused-ring (bicyclic) bond motifs is 1. The molecule has 4 rings (SSSR count). The van der Waals surface area contributed by atoms with Gasteiger partial charge in [-0.15, -0.1) is 0 Å². The third kappa shape index (κ3) is 4.75. The average Bonchev–Trinajstić information content (AvgIpc) is 3.16. The van der Waals surface area contributed by atoms with Gasteiger partial charge in [-0.25, -0.2) is 13.2 Å². The van der Waals surface area contributed by atoms with Crippen LogP contribution in [0.2, 0.25) is 5.02 Å². The van der Waals surface area contributed by atoms with E-state index in [2.05, 4.69) is 5.32 Å². The quantitative estimate of drug-likeness (QED) is 0.322. The van der Waals surface area contributed by atoms with Gasteiger partial charge in [0.1, 0.15) is 11.8 Å². The summed E-state index contributed by atoms with van der Waals surface area (Å²) in [6.07, 6.45) is 0.321. The van der Waals surface area contributed by atoms with E-state index in [0.29, 0.717) is 21.7 Å². The van der Waals surface area contributed by atoms with Gasteiger partial charge in [0.25, 0.3) is 10.0 Å². The Labute approximate surface area is 212 Å². The highest BCUT2D eigenvalue weighted by atomic mass is 35.5. The maximum Gasteiger partial charge on any atom is 0.344 e. The fourth-order valence-electron chi connectivity index (χ4n) is 3.94. The lowest BCUT2D eigenvalue weighted by molar-refractivity contribution is -0.123. The Bertz CT molecular complexity index is 1550. The van der Waals surface area contributed by atoms with E-state index in [4.69, 9.17) is 21.4 Å². The van der Waals surface area contributed by atoms with E-state index in [0.717, 1.165) is 4.57 Å². The molecule has 4 aromatic rings. The van der Waals surface area contributed by atoms with E-state index in [1.807, 2.05) is 0 Å². The molecule has 1 atom stereocenters. The minimum atomic E-state index is -4.36. The van der Waals surface area contributed by atoms with Crippen LogP contribution in [0.15, 0.2) is 82.5 Å². The second-order valence-electron chi connectivity index (χ2n) is 7.91. The second-order valence-corrected chi connectivity index (χ2v) is 10.1. The van der Waals surface area contributed by atoms with Crippen LogP contribution in [0.1, 0.15) is 18.0 Å². The molecule has 1 heterocycles. The number of aliphatic hydroxyl groups excluding tert-OH is 1. The number of methoxy groups -OCH3 is 1. The molecule has 11 heteroatoms. The van der Waals surface area contributed by atoms with Crippen molar-refractivity contribution in [2.45, 2.75) is 17.4 Å². The molecule has 2 N–H and O–H groups in total. The molecule has 0 aliphatic heterocycles. The third-order valence-electron chi connectivity index (χ3n) is 5.65. The van der Waals surface area contributed by atoms with Gasteiger partial charge in [0, 0.05) is 18.2 Å². The van der Waals surface area contributed by atoms with E-state index < -0.39 is 27.7 Å². The number of ether oxygens (including phenoxy) is 1. The highest BCUT2D eigenvalue weighted by Gasteiger charge is 2.32. The number of rotatable bonds is 9. The van der Waals surface area contributed by atoms with Crippen LogP contribution in [0, 0.1) is 0 Å². The summed E-state index contributed by atoms with van der Waals surface area (Å²) in [5.74, 6) is -0.0724. The molecule has 9 nitrogen and oxygen atoms in total. The predicted octanol–water partition coefficient (Wildman–Crippen LogP) is 2.79. The lowest BCUT2D eigenvalue weighted by Crippen LogP contribution is -2.39. The van der Waals surface area contributed by atoms with Crippen LogP contribution in [-0.4, -0.2) is 48.2 Å². The SMILES string of the molecule is COc1ccc(S(=O)(=O)n2c(=O)n(C(C(=O)NCCCO)c3ccccc3)c3cc(Cl)ccc32)cc1. The lowest BCUT2D eigenvalue weighted by Gasteiger charge is -2.19. The number of aliphatic hydroxyl groups is 1. The number of imidazole rings is 1. The van der Waals surface area contributed by atoms with Gasteiger partial charge in [0.15, 0.2) is 0 Å². The zero-order valence-electron chi connectivity index (χ0n) is 19.3. The highest BCUT2D eigenvalue weighted by Crippen LogP contribution is 2.28. The average molecular weight is 530 g/mol. The minimum absolute atomic E-state index is 0.0734. The molecule has 0 saturated carbocycles. The minimum Gasteiger partial charge on any atom is -0.497 e. The molecule has 0 bridgehead atoms. The Balaban J connectivity index is 1.98. The van der Waals surface area contributed by atoms with Crippen LogP contribution in [0.25, 0.3) is 11.0 Å². The van der Waals surface area contributed by atoms with Crippen molar-refractivity contribution in [2.75, 3.05) is 20.3 Å². The van der Waals surface area contributed by atoms with Crippen molar-refractivity contribution in [3.8, 4) is 5.75 Å². The Morgan fingerprint density at radius 1 is 1.06 bits per heavy atom. The summed E-state index contributed by atoms with van der Waals surface area (Å²) < 4.78 is 34.2. The first-order chi connectivity index (χ1) is 17.3. The Morgan fingerprint density at radius 3 is 2.39 bits per heavy atom. The summed E-state index contributed by atoms with van der Waals surface area (Å²) in [6.45, 7) is 0.0578. The molecule has 188 valence electrons. The number of amides is 1. The standard InChI is InChI=1S/C25H24ClN3O6S/c1-35-19-9-11-20(12-10-19)36(33,34)29-21-13-8-18(26)16-22(21)28(25(29)32)23(17-6-3-2-4-7-17)24(31)27-14-5-15-30/h2-4,6-13,16,23,30H,5,14-15H2,1H3,(H,27,31). The van der Waals surface area contributed by atoms with E-state index in [1.54, 1.807) is 30.3 Å². The fraction of sp³-hybridized carbons (Fsp3) is 0.200. The smallest absolute Gasteiger partial charge is 0.344 e. The molecule has 36 heavy (non-hydrogen) atoms. The van der Waals surface area contributed by atoms with Crippen LogP contribution in [0.4, 0.5) is 0 Å². The molecule has 0 aliphatic carbocycles. The van der Waals surface area contributed by atoms with Crippen molar-refractivity contribution in [2.24, 2.45) is 0 Å². The molecular weight excluding hydrogens is 506 g/mol. The summed E-state index contributed by atoms with van der Waals surface area (Å²) >= 11 is 6.23. The normalized spacial score (nSPS) is 12.4. The van der Waals surface area contributed by atoms with Gasteiger partial charge in [-0.1, -0.05) is 41.9 Å². The summed E-state index contributed by atoms with van der Waals surface area (Å²) in [4.78, 5) is 27.1. The number of hydrogen-bond donors (Lipinski definition) is 2. The zero-order valence-corrected chi connectivity index (χ0v) is 20.9. The molecule has 0 fully saturated rings. The summed E-state index contributed by atoms with van der Waals surface area (Å²) in [5, 5.41) is 12.1. The van der Waals surface area contributed by atoms with Crippen LogP contribution in [0.5, 0.6) is 5.75 Å². The summed E-state index contributed by atoms with van der Waals surface area (Å²) in [5.41, 5.74) is -0.198. The highest BCUT2D eigenvalue weighted by molar-refractivity contribution is 7.90. The summed E-state index contributed by atoms with van der Waals surface area (Å²) in [7, 11) is -2.90. The van der Waals surface area contributed by atoms with Gasteiger partial charge in [0.2, 0.25) is 5.91 Å². The molecule has 0 radical (unpaired) electrons. The molecule has 1 unspecified atom stereocenters. The molecule has 3 aromatic carbocycles. The van der Waals surface area contributed by atoms with Crippen molar-refractivity contribution in [1.29, 1.82) is 0 Å². The number of aromatic nitrogens is 2. The van der Waals surface area contributed by atoms with Gasteiger partial charge in [-0.2, -0.15) is 3.97 Å². The first-order valence-electron chi connectivity index (χ1n) is 11.0. The number of benzene rings is 3.